The van der Waals surface area contributed by atoms with Gasteiger partial charge in [-0.3, -0.25) is 4.98 Å². The van der Waals surface area contributed by atoms with Gasteiger partial charge in [0.15, 0.2) is 0 Å². The van der Waals surface area contributed by atoms with Crippen LogP contribution in [-0.2, 0) is 21.4 Å². The summed E-state index contributed by atoms with van der Waals surface area (Å²) in [4.78, 5) is 9.18. The largest absolute Gasteiger partial charge is 0.396 e. The molecule has 0 aliphatic carbocycles. The number of aromatic nitrogens is 1. The molecule has 24 heavy (non-hydrogen) atoms. The molecule has 0 N–H and O–H groups in total. The van der Waals surface area contributed by atoms with Gasteiger partial charge in [-0.15, -0.1) is 0 Å². The fourth-order valence-electron chi connectivity index (χ4n) is 2.09. The van der Waals surface area contributed by atoms with E-state index in [4.69, 9.17) is 4.84 Å². The molecular formula is C17H21N3O3S. The number of oxime groups is 1. The third-order valence-corrected chi connectivity index (χ3v) is 5.28. The number of pyridine rings is 1. The van der Waals surface area contributed by atoms with Gasteiger partial charge in [-0.1, -0.05) is 17.3 Å². The van der Waals surface area contributed by atoms with Crippen molar-refractivity contribution in [1.82, 2.24) is 9.29 Å². The minimum Gasteiger partial charge on any atom is -0.396 e. The molecular weight excluding hydrogens is 326 g/mol. The standard InChI is InChI=1S/C17H21N3O3S/c1-4-23-19-14(2)16-5-7-17(8-6-16)24(21,22)20(3)13-15-9-11-18-12-10-15/h5-12H,4,13H2,1-3H3. The van der Waals surface area contributed by atoms with Gasteiger partial charge >= 0.3 is 0 Å². The fourth-order valence-corrected chi connectivity index (χ4v) is 3.25. The lowest BCUT2D eigenvalue weighted by Crippen LogP contribution is -2.26. The van der Waals surface area contributed by atoms with Crippen LogP contribution in [0.5, 0.6) is 0 Å². The first-order chi connectivity index (χ1) is 11.4. The normalized spacial score (nSPS) is 12.4. The molecule has 0 atom stereocenters. The summed E-state index contributed by atoms with van der Waals surface area (Å²) in [6.07, 6.45) is 3.29. The molecule has 6 nitrogen and oxygen atoms in total. The molecule has 0 saturated carbocycles. The Morgan fingerprint density at radius 2 is 1.79 bits per heavy atom. The van der Waals surface area contributed by atoms with Crippen LogP contribution in [0.25, 0.3) is 0 Å². The Labute approximate surface area is 142 Å². The molecule has 0 fully saturated rings. The second-order valence-corrected chi connectivity index (χ2v) is 7.28. The van der Waals surface area contributed by atoms with E-state index in [9.17, 15) is 8.42 Å². The maximum absolute atomic E-state index is 12.6. The zero-order chi connectivity index (χ0) is 17.6. The number of benzene rings is 1. The Hall–Kier alpha value is -2.25. The predicted molar refractivity (Wildman–Crippen MR) is 93.2 cm³/mol. The monoisotopic (exact) mass is 347 g/mol. The van der Waals surface area contributed by atoms with E-state index >= 15 is 0 Å². The van der Waals surface area contributed by atoms with Crippen molar-refractivity contribution < 1.29 is 13.3 Å². The van der Waals surface area contributed by atoms with Crippen LogP contribution < -0.4 is 0 Å². The van der Waals surface area contributed by atoms with Gasteiger partial charge in [0.25, 0.3) is 0 Å². The van der Waals surface area contributed by atoms with Crippen molar-refractivity contribution in [2.45, 2.75) is 25.3 Å². The number of hydrogen-bond donors (Lipinski definition) is 0. The van der Waals surface area contributed by atoms with Crippen molar-refractivity contribution in [3.63, 3.8) is 0 Å². The van der Waals surface area contributed by atoms with Gasteiger partial charge in [-0.25, -0.2) is 8.42 Å². The Bertz CT molecular complexity index is 788. The van der Waals surface area contributed by atoms with Crippen molar-refractivity contribution in [2.75, 3.05) is 13.7 Å². The minimum absolute atomic E-state index is 0.243. The summed E-state index contributed by atoms with van der Waals surface area (Å²) < 4.78 is 26.6. The number of rotatable bonds is 7. The van der Waals surface area contributed by atoms with E-state index in [1.54, 1.807) is 55.8 Å². The Kier molecular flexibility index (Phi) is 6.05. The first-order valence-electron chi connectivity index (χ1n) is 7.57. The van der Waals surface area contributed by atoms with E-state index in [1.807, 2.05) is 13.8 Å². The third-order valence-electron chi connectivity index (χ3n) is 3.47. The second-order valence-electron chi connectivity index (χ2n) is 5.24. The summed E-state index contributed by atoms with van der Waals surface area (Å²) in [6, 6.07) is 10.2. The smallest absolute Gasteiger partial charge is 0.243 e. The molecule has 0 saturated heterocycles. The van der Waals surface area contributed by atoms with Gasteiger partial charge in [-0.2, -0.15) is 4.31 Å². The lowest BCUT2D eigenvalue weighted by molar-refractivity contribution is 0.159. The summed E-state index contributed by atoms with van der Waals surface area (Å²) in [7, 11) is -1.99. The lowest BCUT2D eigenvalue weighted by atomic mass is 10.1. The highest BCUT2D eigenvalue weighted by atomic mass is 32.2. The van der Waals surface area contributed by atoms with Gasteiger partial charge in [0.05, 0.1) is 10.6 Å². The molecule has 1 aromatic carbocycles. The van der Waals surface area contributed by atoms with Gasteiger partial charge < -0.3 is 4.84 Å². The van der Waals surface area contributed by atoms with E-state index in [-0.39, 0.29) is 11.4 Å². The highest BCUT2D eigenvalue weighted by molar-refractivity contribution is 7.89. The Balaban J connectivity index is 2.17. The lowest BCUT2D eigenvalue weighted by Gasteiger charge is -2.17. The van der Waals surface area contributed by atoms with Gasteiger partial charge in [0.2, 0.25) is 10.0 Å². The first-order valence-corrected chi connectivity index (χ1v) is 9.01. The molecule has 2 aromatic rings. The van der Waals surface area contributed by atoms with E-state index in [0.29, 0.717) is 12.3 Å². The van der Waals surface area contributed by atoms with Crippen molar-refractivity contribution in [1.29, 1.82) is 0 Å². The maximum atomic E-state index is 12.6. The molecule has 2 rings (SSSR count). The fraction of sp³-hybridized carbons (Fsp3) is 0.294. The molecule has 1 heterocycles. The van der Waals surface area contributed by atoms with Crippen LogP contribution in [0.3, 0.4) is 0 Å². The summed E-state index contributed by atoms with van der Waals surface area (Å²) >= 11 is 0. The van der Waals surface area contributed by atoms with Crippen LogP contribution in [0.4, 0.5) is 0 Å². The van der Waals surface area contributed by atoms with Crippen LogP contribution in [0, 0.1) is 0 Å². The zero-order valence-electron chi connectivity index (χ0n) is 14.0. The molecule has 0 aliphatic heterocycles. The van der Waals surface area contributed by atoms with Crippen molar-refractivity contribution in [3.8, 4) is 0 Å². The zero-order valence-corrected chi connectivity index (χ0v) is 14.8. The van der Waals surface area contributed by atoms with Gasteiger partial charge in [-0.05, 0) is 49.2 Å². The molecule has 0 spiro atoms. The van der Waals surface area contributed by atoms with E-state index in [1.165, 1.54) is 4.31 Å². The highest BCUT2D eigenvalue weighted by Crippen LogP contribution is 2.17. The number of hydrogen-bond acceptors (Lipinski definition) is 5. The second kappa shape index (κ2) is 8.03. The summed E-state index contributed by atoms with van der Waals surface area (Å²) in [6.45, 7) is 4.45. The van der Waals surface area contributed by atoms with Crippen LogP contribution in [0.2, 0.25) is 0 Å². The van der Waals surface area contributed by atoms with Crippen LogP contribution >= 0.6 is 0 Å². The van der Waals surface area contributed by atoms with E-state index in [2.05, 4.69) is 10.1 Å². The predicted octanol–water partition coefficient (Wildman–Crippen LogP) is 2.66. The SMILES string of the molecule is CCON=C(C)c1ccc(S(=O)(=O)N(C)Cc2ccncc2)cc1. The van der Waals surface area contributed by atoms with Gasteiger partial charge in [0, 0.05) is 26.0 Å². The Morgan fingerprint density at radius 1 is 1.17 bits per heavy atom. The third kappa shape index (κ3) is 4.39. The van der Waals surface area contributed by atoms with Crippen LogP contribution in [0.1, 0.15) is 25.0 Å². The Morgan fingerprint density at radius 3 is 2.38 bits per heavy atom. The van der Waals surface area contributed by atoms with E-state index in [0.717, 1.165) is 11.1 Å². The molecule has 0 amide bonds. The minimum atomic E-state index is -3.55. The molecule has 0 radical (unpaired) electrons. The van der Waals surface area contributed by atoms with Crippen molar-refractivity contribution >= 4 is 15.7 Å². The number of sulfonamides is 1. The quantitative estimate of drug-likeness (QED) is 0.570. The highest BCUT2D eigenvalue weighted by Gasteiger charge is 2.20. The van der Waals surface area contributed by atoms with Crippen LogP contribution in [0.15, 0.2) is 58.8 Å². The maximum Gasteiger partial charge on any atom is 0.243 e. The topological polar surface area (TPSA) is 71.9 Å². The van der Waals surface area contributed by atoms with Gasteiger partial charge in [0.1, 0.15) is 6.61 Å². The summed E-state index contributed by atoms with van der Waals surface area (Å²) in [5.41, 5.74) is 2.40. The summed E-state index contributed by atoms with van der Waals surface area (Å²) in [5, 5.41) is 3.95. The average Bonchev–Trinajstić information content (AvgIpc) is 2.60. The van der Waals surface area contributed by atoms with Crippen molar-refractivity contribution in [2.24, 2.45) is 5.16 Å². The first kappa shape index (κ1) is 18.1. The van der Waals surface area contributed by atoms with E-state index < -0.39 is 10.0 Å². The molecule has 1 aromatic heterocycles. The molecule has 7 heteroatoms. The molecule has 0 unspecified atom stereocenters. The summed E-state index contributed by atoms with van der Waals surface area (Å²) in [5.74, 6) is 0. The number of nitrogens with zero attached hydrogens (tertiary/aromatic N) is 3. The van der Waals surface area contributed by atoms with Crippen LogP contribution in [-0.4, -0.2) is 37.1 Å². The van der Waals surface area contributed by atoms with Crippen molar-refractivity contribution in [3.05, 3.63) is 59.9 Å². The average molecular weight is 347 g/mol. The molecule has 0 aliphatic rings. The molecule has 0 bridgehead atoms. The molecule has 128 valence electrons.